The predicted octanol–water partition coefficient (Wildman–Crippen LogP) is 2.31. The summed E-state index contributed by atoms with van der Waals surface area (Å²) in [6.07, 6.45) is 4.68. The monoisotopic (exact) mass is 290 g/mol. The van der Waals surface area contributed by atoms with E-state index in [1.54, 1.807) is 0 Å². The van der Waals surface area contributed by atoms with Crippen LogP contribution in [0.1, 0.15) is 48.9 Å². The summed E-state index contributed by atoms with van der Waals surface area (Å²) in [5, 5.41) is 3.61. The van der Waals surface area contributed by atoms with Crippen molar-refractivity contribution in [3.8, 4) is 0 Å². The standard InChI is InChI=1S/C17H26N2O2/c18-16-11-17(15-7-2-1-6-14(15)16)19-8-4-9-20-12-13-5-3-10-21-13/h1-2,6-7,13,16-17,19H,3-5,8-12,18H2. The van der Waals surface area contributed by atoms with Crippen LogP contribution < -0.4 is 11.1 Å². The van der Waals surface area contributed by atoms with E-state index in [1.807, 2.05) is 0 Å². The van der Waals surface area contributed by atoms with Crippen LogP contribution in [0.15, 0.2) is 24.3 Å². The van der Waals surface area contributed by atoms with E-state index >= 15 is 0 Å². The first-order valence-corrected chi connectivity index (χ1v) is 8.11. The fourth-order valence-electron chi connectivity index (χ4n) is 3.31. The second-order valence-corrected chi connectivity index (χ2v) is 6.04. The largest absolute Gasteiger partial charge is 0.379 e. The zero-order valence-corrected chi connectivity index (χ0v) is 12.6. The van der Waals surface area contributed by atoms with Crippen LogP contribution in [0.25, 0.3) is 0 Å². The number of ether oxygens (including phenoxy) is 2. The van der Waals surface area contributed by atoms with E-state index in [1.165, 1.54) is 17.5 Å². The van der Waals surface area contributed by atoms with Crippen LogP contribution in [0, 0.1) is 0 Å². The molecule has 0 bridgehead atoms. The van der Waals surface area contributed by atoms with Crippen LogP contribution >= 0.6 is 0 Å². The van der Waals surface area contributed by atoms with Crippen LogP contribution in [0.4, 0.5) is 0 Å². The molecule has 3 rings (SSSR count). The molecule has 21 heavy (non-hydrogen) atoms. The van der Waals surface area contributed by atoms with E-state index in [0.717, 1.165) is 45.6 Å². The minimum Gasteiger partial charge on any atom is -0.379 e. The number of hydrogen-bond acceptors (Lipinski definition) is 4. The summed E-state index contributed by atoms with van der Waals surface area (Å²) >= 11 is 0. The van der Waals surface area contributed by atoms with Crippen molar-refractivity contribution in [3.05, 3.63) is 35.4 Å². The predicted molar refractivity (Wildman–Crippen MR) is 83.1 cm³/mol. The van der Waals surface area contributed by atoms with Gasteiger partial charge < -0.3 is 20.5 Å². The molecule has 0 saturated carbocycles. The summed E-state index contributed by atoms with van der Waals surface area (Å²) in [7, 11) is 0. The van der Waals surface area contributed by atoms with Gasteiger partial charge in [0.15, 0.2) is 0 Å². The molecule has 4 heteroatoms. The molecular formula is C17H26N2O2. The maximum atomic E-state index is 6.18. The minimum absolute atomic E-state index is 0.175. The van der Waals surface area contributed by atoms with E-state index in [0.29, 0.717) is 12.1 Å². The molecule has 1 aromatic carbocycles. The SMILES string of the molecule is NC1CC(NCCCOCC2CCCO2)c2ccccc21. The highest BCUT2D eigenvalue weighted by Gasteiger charge is 2.27. The van der Waals surface area contributed by atoms with E-state index in [2.05, 4.69) is 29.6 Å². The van der Waals surface area contributed by atoms with Crippen molar-refractivity contribution in [1.29, 1.82) is 0 Å². The number of benzene rings is 1. The molecular weight excluding hydrogens is 264 g/mol. The average Bonchev–Trinajstić information content (AvgIpc) is 3.12. The van der Waals surface area contributed by atoms with Crippen molar-refractivity contribution in [3.63, 3.8) is 0 Å². The lowest BCUT2D eigenvalue weighted by atomic mass is 10.1. The molecule has 3 unspecified atom stereocenters. The number of nitrogens with one attached hydrogen (secondary N) is 1. The Bertz CT molecular complexity index is 446. The summed E-state index contributed by atoms with van der Waals surface area (Å²) in [5.41, 5.74) is 8.84. The van der Waals surface area contributed by atoms with E-state index < -0.39 is 0 Å². The molecule has 1 fully saturated rings. The second-order valence-electron chi connectivity index (χ2n) is 6.04. The van der Waals surface area contributed by atoms with Gasteiger partial charge in [-0.25, -0.2) is 0 Å². The normalized spacial score (nSPS) is 28.0. The molecule has 1 saturated heterocycles. The highest BCUT2D eigenvalue weighted by atomic mass is 16.5. The topological polar surface area (TPSA) is 56.5 Å². The van der Waals surface area contributed by atoms with Crippen molar-refractivity contribution in [2.45, 2.75) is 43.9 Å². The lowest BCUT2D eigenvalue weighted by molar-refractivity contribution is 0.0165. The maximum absolute atomic E-state index is 6.18. The Labute approximate surface area is 127 Å². The highest BCUT2D eigenvalue weighted by molar-refractivity contribution is 5.37. The smallest absolute Gasteiger partial charge is 0.0809 e. The summed E-state index contributed by atoms with van der Waals surface area (Å²) in [6.45, 7) is 3.42. The van der Waals surface area contributed by atoms with Crippen molar-refractivity contribution < 1.29 is 9.47 Å². The fraction of sp³-hybridized carbons (Fsp3) is 0.647. The average molecular weight is 290 g/mol. The number of nitrogens with two attached hydrogens (primary N) is 1. The zero-order chi connectivity index (χ0) is 14.5. The zero-order valence-electron chi connectivity index (χ0n) is 12.6. The van der Waals surface area contributed by atoms with Crippen LogP contribution in [-0.2, 0) is 9.47 Å². The van der Waals surface area contributed by atoms with Crippen molar-refractivity contribution in [2.75, 3.05) is 26.4 Å². The summed E-state index contributed by atoms with van der Waals surface area (Å²) in [6, 6.07) is 9.07. The van der Waals surface area contributed by atoms with E-state index in [9.17, 15) is 0 Å². The van der Waals surface area contributed by atoms with Gasteiger partial charge in [0, 0.05) is 25.3 Å². The number of rotatable bonds is 7. The van der Waals surface area contributed by atoms with Gasteiger partial charge in [-0.3, -0.25) is 0 Å². The van der Waals surface area contributed by atoms with Crippen LogP contribution in [0.3, 0.4) is 0 Å². The minimum atomic E-state index is 0.175. The van der Waals surface area contributed by atoms with Gasteiger partial charge in [-0.1, -0.05) is 24.3 Å². The Hall–Kier alpha value is -0.940. The molecule has 4 nitrogen and oxygen atoms in total. The van der Waals surface area contributed by atoms with Gasteiger partial charge in [0.05, 0.1) is 12.7 Å². The lowest BCUT2D eigenvalue weighted by Crippen LogP contribution is -2.23. The lowest BCUT2D eigenvalue weighted by Gasteiger charge is -2.14. The van der Waals surface area contributed by atoms with Gasteiger partial charge >= 0.3 is 0 Å². The van der Waals surface area contributed by atoms with E-state index in [-0.39, 0.29) is 6.04 Å². The molecule has 1 aromatic rings. The van der Waals surface area contributed by atoms with E-state index in [4.69, 9.17) is 15.2 Å². The molecule has 1 aliphatic carbocycles. The first kappa shape index (κ1) is 15.0. The molecule has 0 aromatic heterocycles. The molecule has 3 atom stereocenters. The summed E-state index contributed by atoms with van der Waals surface area (Å²) < 4.78 is 11.2. The number of fused-ring (bicyclic) bond motifs is 1. The second kappa shape index (κ2) is 7.36. The van der Waals surface area contributed by atoms with Gasteiger partial charge in [-0.05, 0) is 43.4 Å². The molecule has 1 heterocycles. The van der Waals surface area contributed by atoms with Crippen molar-refractivity contribution in [2.24, 2.45) is 5.73 Å². The Kier molecular flexibility index (Phi) is 5.25. The fourth-order valence-corrected chi connectivity index (χ4v) is 3.31. The number of hydrogen-bond donors (Lipinski definition) is 2. The Balaban J connectivity index is 1.33. The third-order valence-corrected chi connectivity index (χ3v) is 4.44. The van der Waals surface area contributed by atoms with Gasteiger partial charge in [-0.15, -0.1) is 0 Å². The Morgan fingerprint density at radius 1 is 1.29 bits per heavy atom. The van der Waals surface area contributed by atoms with Crippen LogP contribution in [-0.4, -0.2) is 32.5 Å². The third kappa shape index (κ3) is 3.83. The van der Waals surface area contributed by atoms with Crippen molar-refractivity contribution in [1.82, 2.24) is 5.32 Å². The molecule has 0 radical (unpaired) electrons. The summed E-state index contributed by atoms with van der Waals surface area (Å²) in [4.78, 5) is 0. The van der Waals surface area contributed by atoms with Crippen molar-refractivity contribution >= 4 is 0 Å². The van der Waals surface area contributed by atoms with Gasteiger partial charge in [0.1, 0.15) is 0 Å². The molecule has 0 amide bonds. The first-order valence-electron chi connectivity index (χ1n) is 8.11. The Morgan fingerprint density at radius 2 is 2.14 bits per heavy atom. The van der Waals surface area contributed by atoms with Crippen LogP contribution in [0.5, 0.6) is 0 Å². The highest BCUT2D eigenvalue weighted by Crippen LogP contribution is 2.36. The quantitative estimate of drug-likeness (QED) is 0.757. The first-order chi connectivity index (χ1) is 10.3. The van der Waals surface area contributed by atoms with Gasteiger partial charge in [-0.2, -0.15) is 0 Å². The van der Waals surface area contributed by atoms with Gasteiger partial charge in [0.2, 0.25) is 0 Å². The Morgan fingerprint density at radius 3 is 2.95 bits per heavy atom. The van der Waals surface area contributed by atoms with Gasteiger partial charge in [0.25, 0.3) is 0 Å². The molecule has 3 N–H and O–H groups in total. The third-order valence-electron chi connectivity index (χ3n) is 4.44. The maximum Gasteiger partial charge on any atom is 0.0809 e. The molecule has 0 spiro atoms. The molecule has 1 aliphatic heterocycles. The van der Waals surface area contributed by atoms with Crippen LogP contribution in [0.2, 0.25) is 0 Å². The molecule has 2 aliphatic rings. The molecule has 116 valence electrons. The summed E-state index contributed by atoms with van der Waals surface area (Å²) in [5.74, 6) is 0.